The van der Waals surface area contributed by atoms with Crippen molar-refractivity contribution in [3.8, 4) is 11.5 Å². The number of hydrogen-bond acceptors (Lipinski definition) is 5. The van der Waals surface area contributed by atoms with Gasteiger partial charge in [0.1, 0.15) is 22.9 Å². The van der Waals surface area contributed by atoms with Gasteiger partial charge in [0.15, 0.2) is 12.1 Å². The number of aldehydes is 1. The predicted molar refractivity (Wildman–Crippen MR) is 124 cm³/mol. The number of carbonyl (C=O) groups is 2. The van der Waals surface area contributed by atoms with Gasteiger partial charge in [0.05, 0.1) is 11.0 Å². The van der Waals surface area contributed by atoms with Crippen molar-refractivity contribution in [2.45, 2.75) is 52.2 Å². The largest absolute Gasteiger partial charge is 0.457 e. The normalized spacial score (nSPS) is 12.4. The van der Waals surface area contributed by atoms with E-state index in [1.165, 1.54) is 17.0 Å². The first-order chi connectivity index (χ1) is 15.6. The molecule has 3 rings (SSSR count). The summed E-state index contributed by atoms with van der Waals surface area (Å²) in [5, 5.41) is 0. The van der Waals surface area contributed by atoms with Gasteiger partial charge in [0.25, 0.3) is 0 Å². The summed E-state index contributed by atoms with van der Waals surface area (Å²) in [4.78, 5) is 30.1. The highest BCUT2D eigenvalue weighted by Crippen LogP contribution is 2.30. The van der Waals surface area contributed by atoms with Gasteiger partial charge in [-0.05, 0) is 70.0 Å². The van der Waals surface area contributed by atoms with Gasteiger partial charge < -0.3 is 18.9 Å². The second-order valence-electron chi connectivity index (χ2n) is 8.92. The van der Waals surface area contributed by atoms with Crippen LogP contribution in [-0.2, 0) is 4.74 Å². The molecule has 1 unspecified atom stereocenters. The van der Waals surface area contributed by atoms with Gasteiger partial charge in [-0.2, -0.15) is 0 Å². The number of halogens is 1. The average Bonchev–Trinajstić information content (AvgIpc) is 3.12. The van der Waals surface area contributed by atoms with E-state index in [2.05, 4.69) is 4.98 Å². The molecule has 0 fully saturated rings. The highest BCUT2D eigenvalue weighted by molar-refractivity contribution is 5.84. The van der Waals surface area contributed by atoms with Crippen LogP contribution < -0.4 is 4.74 Å². The Morgan fingerprint density at radius 1 is 1.18 bits per heavy atom. The Balaban J connectivity index is 1.85. The molecule has 0 aliphatic heterocycles. The first-order valence-corrected chi connectivity index (χ1v) is 11.0. The number of amides is 1. The summed E-state index contributed by atoms with van der Waals surface area (Å²) in [6.45, 7) is 7.96. The van der Waals surface area contributed by atoms with Crippen LogP contribution in [0.15, 0.2) is 42.5 Å². The molecule has 3 aromatic rings. The van der Waals surface area contributed by atoms with Gasteiger partial charge in [-0.25, -0.2) is 14.2 Å². The van der Waals surface area contributed by atoms with E-state index < -0.39 is 11.7 Å². The van der Waals surface area contributed by atoms with E-state index in [0.717, 1.165) is 18.2 Å². The number of benzene rings is 2. The summed E-state index contributed by atoms with van der Waals surface area (Å²) in [6, 6.07) is 11.1. The summed E-state index contributed by atoms with van der Waals surface area (Å²) in [6.07, 6.45) is 1.69. The molecule has 0 spiro atoms. The Bertz CT molecular complexity index is 1120. The SMILES string of the molecule is CCC(CCN(C)C(=O)OC(C)(C)C)n1c(C=O)nc2ccc(Oc3ccc(F)cc3)cc21. The van der Waals surface area contributed by atoms with E-state index in [9.17, 15) is 14.0 Å². The highest BCUT2D eigenvalue weighted by Gasteiger charge is 2.22. The maximum Gasteiger partial charge on any atom is 0.410 e. The molecule has 1 atom stereocenters. The number of imidazole rings is 1. The zero-order valence-corrected chi connectivity index (χ0v) is 19.7. The summed E-state index contributed by atoms with van der Waals surface area (Å²) in [7, 11) is 1.70. The zero-order valence-electron chi connectivity index (χ0n) is 19.7. The van der Waals surface area contributed by atoms with Crippen molar-refractivity contribution in [1.82, 2.24) is 14.5 Å². The number of aromatic nitrogens is 2. The standard InChI is InChI=1S/C25H30FN3O4/c1-6-18(13-14-28(5)24(31)33-25(2,3)4)29-22-15-20(11-12-21(22)27-23(29)16-30)32-19-9-7-17(26)8-10-19/h7-12,15-16,18H,6,13-14H2,1-5H3. The van der Waals surface area contributed by atoms with E-state index >= 15 is 0 Å². The summed E-state index contributed by atoms with van der Waals surface area (Å²) >= 11 is 0. The Morgan fingerprint density at radius 2 is 1.85 bits per heavy atom. The lowest BCUT2D eigenvalue weighted by atomic mass is 10.1. The predicted octanol–water partition coefficient (Wildman–Crippen LogP) is 5.99. The fraction of sp³-hybridized carbons (Fsp3) is 0.400. The van der Waals surface area contributed by atoms with Crippen molar-refractivity contribution in [2.75, 3.05) is 13.6 Å². The third-order valence-corrected chi connectivity index (χ3v) is 5.18. The molecule has 0 saturated heterocycles. The molecule has 0 radical (unpaired) electrons. The molecule has 7 nitrogen and oxygen atoms in total. The number of hydrogen-bond donors (Lipinski definition) is 0. The lowest BCUT2D eigenvalue weighted by Crippen LogP contribution is -2.35. The smallest absolute Gasteiger partial charge is 0.410 e. The van der Waals surface area contributed by atoms with Gasteiger partial charge in [-0.3, -0.25) is 4.79 Å². The van der Waals surface area contributed by atoms with Crippen LogP contribution in [0, 0.1) is 5.82 Å². The minimum atomic E-state index is -0.568. The molecule has 1 amide bonds. The van der Waals surface area contributed by atoms with Crippen molar-refractivity contribution < 1.29 is 23.5 Å². The van der Waals surface area contributed by atoms with E-state index in [0.29, 0.717) is 35.8 Å². The molecule has 1 aromatic heterocycles. The Labute approximate surface area is 193 Å². The van der Waals surface area contributed by atoms with Crippen molar-refractivity contribution in [1.29, 1.82) is 0 Å². The van der Waals surface area contributed by atoms with Crippen molar-refractivity contribution in [3.05, 3.63) is 54.1 Å². The third-order valence-electron chi connectivity index (χ3n) is 5.18. The van der Waals surface area contributed by atoms with Crippen LogP contribution in [0.25, 0.3) is 11.0 Å². The molecule has 176 valence electrons. The molecular formula is C25H30FN3O4. The number of rotatable bonds is 8. The lowest BCUT2D eigenvalue weighted by molar-refractivity contribution is 0.0290. The fourth-order valence-electron chi connectivity index (χ4n) is 3.55. The molecule has 0 N–H and O–H groups in total. The van der Waals surface area contributed by atoms with Crippen molar-refractivity contribution in [2.24, 2.45) is 0 Å². The van der Waals surface area contributed by atoms with Crippen molar-refractivity contribution in [3.63, 3.8) is 0 Å². The number of ether oxygens (including phenoxy) is 2. The van der Waals surface area contributed by atoms with Crippen LogP contribution in [0.1, 0.15) is 57.2 Å². The van der Waals surface area contributed by atoms with E-state index in [1.807, 2.05) is 38.3 Å². The quantitative estimate of drug-likeness (QED) is 0.390. The first kappa shape index (κ1) is 24.2. The molecule has 0 aliphatic rings. The van der Waals surface area contributed by atoms with Gasteiger partial charge >= 0.3 is 6.09 Å². The third kappa shape index (κ3) is 6.09. The lowest BCUT2D eigenvalue weighted by Gasteiger charge is -2.26. The van der Waals surface area contributed by atoms with Gasteiger partial charge in [0, 0.05) is 25.7 Å². The number of nitrogens with zero attached hydrogens (tertiary/aromatic N) is 3. The monoisotopic (exact) mass is 455 g/mol. The van der Waals surface area contributed by atoms with Crippen LogP contribution >= 0.6 is 0 Å². The molecule has 1 heterocycles. The second kappa shape index (κ2) is 10.0. The van der Waals surface area contributed by atoms with E-state index in [-0.39, 0.29) is 11.9 Å². The van der Waals surface area contributed by atoms with Gasteiger partial charge in [0.2, 0.25) is 0 Å². The molecule has 8 heteroatoms. The minimum absolute atomic E-state index is 0.0684. The summed E-state index contributed by atoms with van der Waals surface area (Å²) in [5.74, 6) is 1.03. The summed E-state index contributed by atoms with van der Waals surface area (Å²) in [5.41, 5.74) is 0.854. The van der Waals surface area contributed by atoms with Gasteiger partial charge in [-0.1, -0.05) is 6.92 Å². The molecule has 0 saturated carbocycles. The Kier molecular flexibility index (Phi) is 7.36. The van der Waals surface area contributed by atoms with Gasteiger partial charge in [-0.15, -0.1) is 0 Å². The Hall–Kier alpha value is -3.42. The highest BCUT2D eigenvalue weighted by atomic mass is 19.1. The molecular weight excluding hydrogens is 425 g/mol. The summed E-state index contributed by atoms with van der Waals surface area (Å²) < 4.78 is 26.4. The minimum Gasteiger partial charge on any atom is -0.457 e. The van der Waals surface area contributed by atoms with Crippen LogP contribution in [0.2, 0.25) is 0 Å². The van der Waals surface area contributed by atoms with Crippen LogP contribution in [0.5, 0.6) is 11.5 Å². The fourth-order valence-corrected chi connectivity index (χ4v) is 3.55. The Morgan fingerprint density at radius 3 is 2.45 bits per heavy atom. The maximum atomic E-state index is 13.2. The number of fused-ring (bicyclic) bond motifs is 1. The second-order valence-corrected chi connectivity index (χ2v) is 8.92. The average molecular weight is 456 g/mol. The molecule has 33 heavy (non-hydrogen) atoms. The van der Waals surface area contributed by atoms with Crippen LogP contribution in [0.3, 0.4) is 0 Å². The molecule has 0 aliphatic carbocycles. The topological polar surface area (TPSA) is 73.7 Å². The van der Waals surface area contributed by atoms with E-state index in [4.69, 9.17) is 9.47 Å². The molecule has 2 aromatic carbocycles. The van der Waals surface area contributed by atoms with E-state index in [1.54, 1.807) is 31.3 Å². The molecule has 0 bridgehead atoms. The van der Waals surface area contributed by atoms with Crippen molar-refractivity contribution >= 4 is 23.4 Å². The zero-order chi connectivity index (χ0) is 24.2. The van der Waals surface area contributed by atoms with Crippen LogP contribution in [-0.4, -0.2) is 46.0 Å². The van der Waals surface area contributed by atoms with Crippen LogP contribution in [0.4, 0.5) is 9.18 Å². The number of carbonyl (C=O) groups excluding carboxylic acids is 2. The maximum absolute atomic E-state index is 13.2. The first-order valence-electron chi connectivity index (χ1n) is 11.0.